The van der Waals surface area contributed by atoms with Crippen molar-refractivity contribution in [3.05, 3.63) is 28.7 Å². The van der Waals surface area contributed by atoms with Crippen LogP contribution in [-0.2, 0) is 10.0 Å². The Morgan fingerprint density at radius 2 is 2.21 bits per heavy atom. The topological polar surface area (TPSA) is 76.1 Å². The number of rotatable bonds is 5. The van der Waals surface area contributed by atoms with Gasteiger partial charge in [0, 0.05) is 5.92 Å². The van der Waals surface area contributed by atoms with Crippen molar-refractivity contribution < 1.29 is 13.2 Å². The van der Waals surface area contributed by atoms with Crippen LogP contribution in [0.1, 0.15) is 47.0 Å². The molecule has 1 fully saturated rings. The van der Waals surface area contributed by atoms with Crippen LogP contribution in [0.2, 0.25) is 0 Å². The predicted octanol–water partition coefficient (Wildman–Crippen LogP) is 2.05. The average molecular weight is 300 g/mol. The quantitative estimate of drug-likeness (QED) is 0.844. The molecular formula is C12H16N2O3S2. The standard InChI is InChI=1S/C12H16N2O3S2/c1-2-7-19(16,17)14-12(15)11-10(13-8-18-11)9-5-3-4-6-9/h2,8-9H,1,3-7H2,(H,14,15). The van der Waals surface area contributed by atoms with Crippen molar-refractivity contribution in [3.63, 3.8) is 0 Å². The van der Waals surface area contributed by atoms with Gasteiger partial charge >= 0.3 is 0 Å². The van der Waals surface area contributed by atoms with E-state index in [1.165, 1.54) is 17.4 Å². The summed E-state index contributed by atoms with van der Waals surface area (Å²) in [6.45, 7) is 3.36. The van der Waals surface area contributed by atoms with Crippen LogP contribution in [0.25, 0.3) is 0 Å². The maximum Gasteiger partial charge on any atom is 0.276 e. The average Bonchev–Trinajstić information content (AvgIpc) is 2.99. The van der Waals surface area contributed by atoms with Gasteiger partial charge in [-0.25, -0.2) is 18.1 Å². The molecular weight excluding hydrogens is 284 g/mol. The molecule has 0 radical (unpaired) electrons. The highest BCUT2D eigenvalue weighted by Gasteiger charge is 2.26. The smallest absolute Gasteiger partial charge is 0.267 e. The Hall–Kier alpha value is -1.21. The fraction of sp³-hybridized carbons (Fsp3) is 0.500. The van der Waals surface area contributed by atoms with E-state index in [0.717, 1.165) is 31.4 Å². The minimum Gasteiger partial charge on any atom is -0.267 e. The highest BCUT2D eigenvalue weighted by Crippen LogP contribution is 2.36. The second-order valence-corrected chi connectivity index (χ2v) is 7.17. The number of hydrogen-bond donors (Lipinski definition) is 1. The molecule has 104 valence electrons. The molecule has 1 aliphatic rings. The molecule has 1 saturated carbocycles. The van der Waals surface area contributed by atoms with Crippen molar-refractivity contribution in [2.75, 3.05) is 5.75 Å². The number of nitrogens with zero attached hydrogens (tertiary/aromatic N) is 1. The zero-order valence-electron chi connectivity index (χ0n) is 10.5. The van der Waals surface area contributed by atoms with Gasteiger partial charge in [0.05, 0.1) is 17.0 Å². The monoisotopic (exact) mass is 300 g/mol. The van der Waals surface area contributed by atoms with E-state index in [-0.39, 0.29) is 11.7 Å². The molecule has 0 atom stereocenters. The number of carbonyl (C=O) groups excluding carboxylic acids is 1. The zero-order chi connectivity index (χ0) is 13.9. The first-order chi connectivity index (χ1) is 9.03. The Morgan fingerprint density at radius 1 is 1.53 bits per heavy atom. The highest BCUT2D eigenvalue weighted by molar-refractivity contribution is 7.90. The molecule has 19 heavy (non-hydrogen) atoms. The van der Waals surface area contributed by atoms with Gasteiger partial charge in [0.15, 0.2) is 0 Å². The van der Waals surface area contributed by atoms with Crippen LogP contribution in [0.5, 0.6) is 0 Å². The SMILES string of the molecule is C=CCS(=O)(=O)NC(=O)c1scnc1C1CCCC1. The zero-order valence-corrected chi connectivity index (χ0v) is 12.1. The largest absolute Gasteiger partial charge is 0.276 e. The normalized spacial score (nSPS) is 16.4. The molecule has 1 aromatic rings. The Kier molecular flexibility index (Phi) is 4.36. The van der Waals surface area contributed by atoms with Gasteiger partial charge in [0.1, 0.15) is 4.88 Å². The van der Waals surface area contributed by atoms with E-state index in [1.54, 1.807) is 5.51 Å². The number of aromatic nitrogens is 1. The van der Waals surface area contributed by atoms with Crippen LogP contribution in [0, 0.1) is 0 Å². The van der Waals surface area contributed by atoms with Crippen LogP contribution < -0.4 is 4.72 Å². The Morgan fingerprint density at radius 3 is 2.84 bits per heavy atom. The molecule has 1 heterocycles. The summed E-state index contributed by atoms with van der Waals surface area (Å²) in [5, 5.41) is 0. The first kappa shape index (κ1) is 14.2. The van der Waals surface area contributed by atoms with Crippen LogP contribution in [-0.4, -0.2) is 25.1 Å². The minimum absolute atomic E-state index is 0.268. The lowest BCUT2D eigenvalue weighted by atomic mass is 10.0. The summed E-state index contributed by atoms with van der Waals surface area (Å²) in [4.78, 5) is 16.7. The molecule has 0 aliphatic heterocycles. The lowest BCUT2D eigenvalue weighted by molar-refractivity contribution is 0.0984. The first-order valence-electron chi connectivity index (χ1n) is 6.12. The predicted molar refractivity (Wildman–Crippen MR) is 74.8 cm³/mol. The fourth-order valence-corrected chi connectivity index (χ4v) is 3.91. The number of nitrogens with one attached hydrogen (secondary N) is 1. The van der Waals surface area contributed by atoms with Crippen molar-refractivity contribution in [2.24, 2.45) is 0 Å². The van der Waals surface area contributed by atoms with Gasteiger partial charge < -0.3 is 0 Å². The Bertz CT molecular complexity index is 572. The third-order valence-corrected chi connectivity index (χ3v) is 5.14. The molecule has 1 aromatic heterocycles. The highest BCUT2D eigenvalue weighted by atomic mass is 32.2. The summed E-state index contributed by atoms with van der Waals surface area (Å²) in [7, 11) is -3.64. The molecule has 0 aromatic carbocycles. The third kappa shape index (κ3) is 3.42. The van der Waals surface area contributed by atoms with Gasteiger partial charge in [-0.15, -0.1) is 17.9 Å². The van der Waals surface area contributed by atoms with E-state index in [2.05, 4.69) is 16.3 Å². The molecule has 2 rings (SSSR count). The molecule has 0 bridgehead atoms. The Balaban J connectivity index is 2.16. The van der Waals surface area contributed by atoms with Crippen LogP contribution >= 0.6 is 11.3 Å². The summed E-state index contributed by atoms with van der Waals surface area (Å²) in [6, 6.07) is 0. The van der Waals surface area contributed by atoms with Crippen molar-refractivity contribution >= 4 is 27.3 Å². The van der Waals surface area contributed by atoms with Crippen molar-refractivity contribution in [1.82, 2.24) is 9.71 Å². The summed E-state index contributed by atoms with van der Waals surface area (Å²) in [5.74, 6) is -0.559. The first-order valence-corrected chi connectivity index (χ1v) is 8.66. The third-order valence-electron chi connectivity index (χ3n) is 3.13. The van der Waals surface area contributed by atoms with E-state index in [1.807, 2.05) is 0 Å². The maximum atomic E-state index is 12.0. The van der Waals surface area contributed by atoms with Gasteiger partial charge in [-0.3, -0.25) is 4.79 Å². The summed E-state index contributed by atoms with van der Waals surface area (Å²) in [5.41, 5.74) is 2.34. The van der Waals surface area contributed by atoms with E-state index in [4.69, 9.17) is 0 Å². The second kappa shape index (κ2) is 5.83. The summed E-state index contributed by atoms with van der Waals surface area (Å²) in [6.07, 6.45) is 5.56. The van der Waals surface area contributed by atoms with Crippen molar-refractivity contribution in [3.8, 4) is 0 Å². The van der Waals surface area contributed by atoms with E-state index >= 15 is 0 Å². The Labute approximate surface area is 116 Å². The number of sulfonamides is 1. The summed E-state index contributed by atoms with van der Waals surface area (Å²) >= 11 is 1.19. The van der Waals surface area contributed by atoms with Gasteiger partial charge in [-0.1, -0.05) is 18.9 Å². The molecule has 0 unspecified atom stereocenters. The van der Waals surface area contributed by atoms with Gasteiger partial charge in [-0.05, 0) is 12.8 Å². The molecule has 1 N–H and O–H groups in total. The van der Waals surface area contributed by atoms with Crippen molar-refractivity contribution in [2.45, 2.75) is 31.6 Å². The van der Waals surface area contributed by atoms with E-state index in [9.17, 15) is 13.2 Å². The molecule has 0 saturated heterocycles. The fourth-order valence-electron chi connectivity index (χ4n) is 2.30. The van der Waals surface area contributed by atoms with E-state index < -0.39 is 15.9 Å². The summed E-state index contributed by atoms with van der Waals surface area (Å²) < 4.78 is 25.2. The molecule has 7 heteroatoms. The van der Waals surface area contributed by atoms with E-state index in [0.29, 0.717) is 4.88 Å². The molecule has 0 spiro atoms. The minimum atomic E-state index is -3.64. The van der Waals surface area contributed by atoms with Gasteiger partial charge in [-0.2, -0.15) is 0 Å². The molecule has 1 amide bonds. The van der Waals surface area contributed by atoms with Crippen LogP contribution in [0.4, 0.5) is 0 Å². The lowest BCUT2D eigenvalue weighted by Gasteiger charge is -2.09. The van der Waals surface area contributed by atoms with Gasteiger partial charge in [0.2, 0.25) is 10.0 Å². The molecule has 5 nitrogen and oxygen atoms in total. The second-order valence-electron chi connectivity index (χ2n) is 4.55. The number of amides is 1. The number of hydrogen-bond acceptors (Lipinski definition) is 5. The number of thiazole rings is 1. The molecule has 1 aliphatic carbocycles. The van der Waals surface area contributed by atoms with Crippen molar-refractivity contribution in [1.29, 1.82) is 0 Å². The maximum absolute atomic E-state index is 12.0. The lowest BCUT2D eigenvalue weighted by Crippen LogP contribution is -2.32. The van der Waals surface area contributed by atoms with Crippen LogP contribution in [0.3, 0.4) is 0 Å². The number of carbonyl (C=O) groups is 1. The van der Waals surface area contributed by atoms with Gasteiger partial charge in [0.25, 0.3) is 5.91 Å². The van der Waals surface area contributed by atoms with Crippen LogP contribution in [0.15, 0.2) is 18.2 Å².